The SMILES string of the molecule is CON(C)C(=O)c1cn[nH]c1Cc1sc(F)cc1Br. The van der Waals surface area contributed by atoms with Gasteiger partial charge in [-0.2, -0.15) is 9.49 Å². The molecule has 0 saturated carbocycles. The number of hydrogen-bond acceptors (Lipinski definition) is 4. The zero-order valence-corrected chi connectivity index (χ0v) is 12.6. The van der Waals surface area contributed by atoms with E-state index in [4.69, 9.17) is 4.84 Å². The van der Waals surface area contributed by atoms with Crippen molar-refractivity contribution in [2.24, 2.45) is 0 Å². The number of aromatic nitrogens is 2. The molecule has 0 radical (unpaired) electrons. The van der Waals surface area contributed by atoms with Gasteiger partial charge in [0.2, 0.25) is 0 Å². The number of hydroxylamine groups is 2. The van der Waals surface area contributed by atoms with Crippen LogP contribution in [0.3, 0.4) is 0 Å². The van der Waals surface area contributed by atoms with Crippen molar-refractivity contribution in [3.8, 4) is 0 Å². The molecular formula is C11H11BrFN3O2S. The fraction of sp³-hybridized carbons (Fsp3) is 0.273. The number of amides is 1. The monoisotopic (exact) mass is 347 g/mol. The van der Waals surface area contributed by atoms with Crippen LogP contribution < -0.4 is 0 Å². The molecule has 1 N–H and O–H groups in total. The van der Waals surface area contributed by atoms with Gasteiger partial charge < -0.3 is 0 Å². The van der Waals surface area contributed by atoms with E-state index < -0.39 is 0 Å². The van der Waals surface area contributed by atoms with Crippen LogP contribution in [0, 0.1) is 5.13 Å². The summed E-state index contributed by atoms with van der Waals surface area (Å²) in [5, 5.41) is 7.46. The summed E-state index contributed by atoms with van der Waals surface area (Å²) in [5.74, 6) is -0.306. The molecule has 2 aromatic heterocycles. The molecule has 2 aromatic rings. The van der Waals surface area contributed by atoms with Crippen LogP contribution in [0.25, 0.3) is 0 Å². The molecule has 2 heterocycles. The lowest BCUT2D eigenvalue weighted by atomic mass is 10.1. The van der Waals surface area contributed by atoms with E-state index in [2.05, 4.69) is 26.1 Å². The molecule has 8 heteroatoms. The van der Waals surface area contributed by atoms with Crippen LogP contribution in [0.2, 0.25) is 0 Å². The molecule has 0 atom stereocenters. The van der Waals surface area contributed by atoms with Crippen LogP contribution in [0.1, 0.15) is 20.9 Å². The number of nitrogens with zero attached hydrogens (tertiary/aromatic N) is 2. The first-order valence-corrected chi connectivity index (χ1v) is 6.92. The predicted octanol–water partition coefficient (Wildman–Crippen LogP) is 2.60. The van der Waals surface area contributed by atoms with Crippen molar-refractivity contribution < 1.29 is 14.0 Å². The van der Waals surface area contributed by atoms with Gasteiger partial charge in [-0.25, -0.2) is 5.06 Å². The summed E-state index contributed by atoms with van der Waals surface area (Å²) in [6.07, 6.45) is 1.83. The molecular weight excluding hydrogens is 337 g/mol. The Morgan fingerprint density at radius 1 is 1.68 bits per heavy atom. The number of rotatable bonds is 4. The highest BCUT2D eigenvalue weighted by Gasteiger charge is 2.19. The van der Waals surface area contributed by atoms with Crippen molar-refractivity contribution in [3.63, 3.8) is 0 Å². The molecule has 0 fully saturated rings. The minimum Gasteiger partial charge on any atom is -0.281 e. The maximum absolute atomic E-state index is 13.1. The van der Waals surface area contributed by atoms with Crippen molar-refractivity contribution in [2.45, 2.75) is 6.42 Å². The fourth-order valence-electron chi connectivity index (χ4n) is 1.54. The van der Waals surface area contributed by atoms with Crippen molar-refractivity contribution in [3.05, 3.63) is 38.0 Å². The average Bonchev–Trinajstić information content (AvgIpc) is 2.95. The number of carbonyl (C=O) groups is 1. The van der Waals surface area contributed by atoms with Crippen LogP contribution in [0.4, 0.5) is 4.39 Å². The number of H-pyrrole nitrogens is 1. The Kier molecular flexibility index (Phi) is 4.33. The summed E-state index contributed by atoms with van der Waals surface area (Å²) in [4.78, 5) is 17.6. The Balaban J connectivity index is 2.25. The fourth-order valence-corrected chi connectivity index (χ4v) is 3.06. The van der Waals surface area contributed by atoms with Gasteiger partial charge in [0.25, 0.3) is 5.91 Å². The van der Waals surface area contributed by atoms with E-state index in [1.165, 1.54) is 26.4 Å². The number of thiophene rings is 1. The second-order valence-corrected chi connectivity index (χ2v) is 5.69. The van der Waals surface area contributed by atoms with E-state index in [1.54, 1.807) is 0 Å². The van der Waals surface area contributed by atoms with Gasteiger partial charge in [0.05, 0.1) is 24.6 Å². The lowest BCUT2D eigenvalue weighted by Crippen LogP contribution is -2.25. The molecule has 2 rings (SSSR count). The molecule has 0 aliphatic heterocycles. The quantitative estimate of drug-likeness (QED) is 0.864. The lowest BCUT2D eigenvalue weighted by molar-refractivity contribution is -0.0757. The van der Waals surface area contributed by atoms with Gasteiger partial charge in [0.15, 0.2) is 5.13 Å². The molecule has 0 aliphatic rings. The molecule has 0 saturated heterocycles. The molecule has 1 amide bonds. The Morgan fingerprint density at radius 3 is 3.00 bits per heavy atom. The molecule has 0 bridgehead atoms. The highest BCUT2D eigenvalue weighted by Crippen LogP contribution is 2.28. The van der Waals surface area contributed by atoms with Crippen molar-refractivity contribution in [1.29, 1.82) is 0 Å². The third-order valence-corrected chi connectivity index (χ3v) is 4.47. The van der Waals surface area contributed by atoms with Gasteiger partial charge in [0.1, 0.15) is 0 Å². The van der Waals surface area contributed by atoms with Gasteiger partial charge >= 0.3 is 0 Å². The average molecular weight is 348 g/mol. The van der Waals surface area contributed by atoms with E-state index in [1.807, 2.05) is 0 Å². The van der Waals surface area contributed by atoms with Crippen LogP contribution in [-0.4, -0.2) is 35.3 Å². The summed E-state index contributed by atoms with van der Waals surface area (Å²) in [7, 11) is 2.92. The number of aromatic amines is 1. The molecule has 0 aliphatic carbocycles. The predicted molar refractivity (Wildman–Crippen MR) is 72.5 cm³/mol. The first-order chi connectivity index (χ1) is 9.02. The first kappa shape index (κ1) is 14.2. The highest BCUT2D eigenvalue weighted by atomic mass is 79.9. The maximum atomic E-state index is 13.1. The van der Waals surface area contributed by atoms with Crippen LogP contribution >= 0.6 is 27.3 Å². The molecule has 0 spiro atoms. The summed E-state index contributed by atoms with van der Waals surface area (Å²) in [6, 6.07) is 1.40. The van der Waals surface area contributed by atoms with Gasteiger partial charge in [-0.15, -0.1) is 11.3 Å². The van der Waals surface area contributed by atoms with Crippen molar-refractivity contribution in [2.75, 3.05) is 14.2 Å². The van der Waals surface area contributed by atoms with E-state index in [0.29, 0.717) is 22.2 Å². The number of nitrogens with one attached hydrogen (secondary N) is 1. The minimum atomic E-state index is -0.306. The Labute approximate surface area is 121 Å². The minimum absolute atomic E-state index is 0.275. The maximum Gasteiger partial charge on any atom is 0.280 e. The second-order valence-electron chi connectivity index (χ2n) is 3.75. The molecule has 0 aromatic carbocycles. The molecule has 0 unspecified atom stereocenters. The van der Waals surface area contributed by atoms with E-state index in [0.717, 1.165) is 21.3 Å². The van der Waals surface area contributed by atoms with Crippen LogP contribution in [0.5, 0.6) is 0 Å². The van der Waals surface area contributed by atoms with Crippen molar-refractivity contribution in [1.82, 2.24) is 15.3 Å². The van der Waals surface area contributed by atoms with E-state index in [9.17, 15) is 9.18 Å². The van der Waals surface area contributed by atoms with Crippen LogP contribution in [-0.2, 0) is 11.3 Å². The second kappa shape index (κ2) is 5.81. The summed E-state index contributed by atoms with van der Waals surface area (Å²) < 4.78 is 13.8. The standard InChI is InChI=1S/C11H11BrFN3O2S/c1-16(18-2)11(17)6-5-14-15-8(6)4-9-7(12)3-10(13)19-9/h3,5H,4H2,1-2H3,(H,14,15). The summed E-state index contributed by atoms with van der Waals surface area (Å²) in [6.45, 7) is 0. The number of hydrogen-bond donors (Lipinski definition) is 1. The normalized spacial score (nSPS) is 10.7. The topological polar surface area (TPSA) is 58.2 Å². The third-order valence-electron chi connectivity index (χ3n) is 2.57. The Morgan fingerprint density at radius 2 is 2.42 bits per heavy atom. The largest absolute Gasteiger partial charge is 0.281 e. The van der Waals surface area contributed by atoms with Gasteiger partial charge in [-0.1, -0.05) is 0 Å². The molecule has 5 nitrogen and oxygen atoms in total. The first-order valence-electron chi connectivity index (χ1n) is 5.31. The van der Waals surface area contributed by atoms with E-state index >= 15 is 0 Å². The lowest BCUT2D eigenvalue weighted by Gasteiger charge is -2.13. The smallest absolute Gasteiger partial charge is 0.280 e. The highest BCUT2D eigenvalue weighted by molar-refractivity contribution is 9.10. The Bertz CT molecular complexity index is 599. The summed E-state index contributed by atoms with van der Waals surface area (Å²) in [5.41, 5.74) is 1.03. The van der Waals surface area contributed by atoms with Crippen molar-refractivity contribution >= 4 is 33.2 Å². The van der Waals surface area contributed by atoms with Crippen LogP contribution in [0.15, 0.2) is 16.7 Å². The van der Waals surface area contributed by atoms with E-state index in [-0.39, 0.29) is 11.0 Å². The zero-order chi connectivity index (χ0) is 14.0. The summed E-state index contributed by atoms with van der Waals surface area (Å²) >= 11 is 4.31. The van der Waals surface area contributed by atoms with Gasteiger partial charge in [-0.3, -0.25) is 14.7 Å². The Hall–Kier alpha value is -1.25. The van der Waals surface area contributed by atoms with Gasteiger partial charge in [-0.05, 0) is 22.0 Å². The number of halogens is 2. The van der Waals surface area contributed by atoms with Gasteiger partial charge in [0, 0.05) is 22.8 Å². The molecule has 102 valence electrons. The number of carbonyl (C=O) groups excluding carboxylic acids is 1. The zero-order valence-electron chi connectivity index (χ0n) is 10.2. The third kappa shape index (κ3) is 3.02. The molecule has 19 heavy (non-hydrogen) atoms.